The summed E-state index contributed by atoms with van der Waals surface area (Å²) in [5.74, 6) is -0.501. The molecular weight excluding hydrogens is 245 g/mol. The Balaban J connectivity index is 3.36. The lowest BCUT2D eigenvalue weighted by Gasteiger charge is -2.08. The summed E-state index contributed by atoms with van der Waals surface area (Å²) in [6, 6.07) is 3.85. The molecule has 0 amide bonds. The molecule has 16 heavy (non-hydrogen) atoms. The number of alkyl halides is 3. The SMILES string of the molecule is CC(=O)c1cccc(S(=O)(=O)C(F)(F)F)c1. The largest absolute Gasteiger partial charge is 0.501 e. The van der Waals surface area contributed by atoms with Crippen molar-refractivity contribution in [3.05, 3.63) is 29.8 Å². The fourth-order valence-electron chi connectivity index (χ4n) is 1.02. The monoisotopic (exact) mass is 252 g/mol. The van der Waals surface area contributed by atoms with Crippen LogP contribution in [0.15, 0.2) is 29.2 Å². The van der Waals surface area contributed by atoms with E-state index in [0.29, 0.717) is 6.07 Å². The third-order valence-electron chi connectivity index (χ3n) is 1.86. The van der Waals surface area contributed by atoms with E-state index in [1.165, 1.54) is 6.07 Å². The Labute approximate surface area is 89.8 Å². The van der Waals surface area contributed by atoms with E-state index in [1.54, 1.807) is 0 Å². The van der Waals surface area contributed by atoms with Crippen LogP contribution in [0.4, 0.5) is 13.2 Å². The number of halogens is 3. The van der Waals surface area contributed by atoms with E-state index in [1.807, 2.05) is 0 Å². The van der Waals surface area contributed by atoms with Crippen molar-refractivity contribution in [3.8, 4) is 0 Å². The van der Waals surface area contributed by atoms with Gasteiger partial charge in [-0.1, -0.05) is 12.1 Å². The summed E-state index contributed by atoms with van der Waals surface area (Å²) in [7, 11) is -5.38. The maximum atomic E-state index is 12.2. The Morgan fingerprint density at radius 1 is 1.25 bits per heavy atom. The molecule has 1 rings (SSSR count). The molecular formula is C9H7F3O3S. The Kier molecular flexibility index (Phi) is 3.09. The molecule has 0 aliphatic heterocycles. The first-order valence-electron chi connectivity index (χ1n) is 4.08. The van der Waals surface area contributed by atoms with Crippen molar-refractivity contribution in [1.82, 2.24) is 0 Å². The first-order valence-corrected chi connectivity index (χ1v) is 5.57. The van der Waals surface area contributed by atoms with Gasteiger partial charge in [-0.25, -0.2) is 8.42 Å². The molecule has 7 heteroatoms. The van der Waals surface area contributed by atoms with Crippen molar-refractivity contribution >= 4 is 15.6 Å². The number of benzene rings is 1. The van der Waals surface area contributed by atoms with E-state index in [4.69, 9.17) is 0 Å². The zero-order valence-corrected chi connectivity index (χ0v) is 8.89. The van der Waals surface area contributed by atoms with Crippen LogP contribution in [0.25, 0.3) is 0 Å². The van der Waals surface area contributed by atoms with Gasteiger partial charge in [0.25, 0.3) is 9.84 Å². The lowest BCUT2D eigenvalue weighted by molar-refractivity contribution is -0.0436. The van der Waals surface area contributed by atoms with Crippen molar-refractivity contribution in [3.63, 3.8) is 0 Å². The van der Waals surface area contributed by atoms with Gasteiger partial charge < -0.3 is 0 Å². The van der Waals surface area contributed by atoms with Crippen molar-refractivity contribution in [2.75, 3.05) is 0 Å². The minimum absolute atomic E-state index is 0.0784. The van der Waals surface area contributed by atoms with E-state index in [9.17, 15) is 26.4 Å². The predicted octanol–water partition coefficient (Wildman–Crippen LogP) is 2.18. The van der Waals surface area contributed by atoms with Gasteiger partial charge in [-0.05, 0) is 19.1 Å². The lowest BCUT2D eigenvalue weighted by atomic mass is 10.2. The van der Waals surface area contributed by atoms with Crippen molar-refractivity contribution in [2.45, 2.75) is 17.3 Å². The van der Waals surface area contributed by atoms with Gasteiger partial charge in [0.15, 0.2) is 5.78 Å². The highest BCUT2D eigenvalue weighted by Crippen LogP contribution is 2.30. The molecule has 3 nitrogen and oxygen atoms in total. The molecule has 0 saturated heterocycles. The molecule has 0 bridgehead atoms. The highest BCUT2D eigenvalue weighted by molar-refractivity contribution is 7.92. The third kappa shape index (κ3) is 2.24. The van der Waals surface area contributed by atoms with Crippen LogP contribution in [-0.4, -0.2) is 19.7 Å². The van der Waals surface area contributed by atoms with Gasteiger partial charge in [-0.2, -0.15) is 13.2 Å². The quantitative estimate of drug-likeness (QED) is 0.758. The second-order valence-electron chi connectivity index (χ2n) is 3.03. The number of sulfone groups is 1. The number of carbonyl (C=O) groups is 1. The number of hydrogen-bond acceptors (Lipinski definition) is 3. The first-order chi connectivity index (χ1) is 7.16. The molecule has 0 unspecified atom stereocenters. The molecule has 0 atom stereocenters. The maximum Gasteiger partial charge on any atom is 0.501 e. The normalized spacial score (nSPS) is 12.5. The average Bonchev–Trinajstić information content (AvgIpc) is 2.16. The van der Waals surface area contributed by atoms with Gasteiger partial charge in [-0.15, -0.1) is 0 Å². The zero-order valence-electron chi connectivity index (χ0n) is 8.08. The van der Waals surface area contributed by atoms with Crippen LogP contribution in [0.5, 0.6) is 0 Å². The van der Waals surface area contributed by atoms with Crippen LogP contribution in [0.1, 0.15) is 17.3 Å². The van der Waals surface area contributed by atoms with E-state index in [2.05, 4.69) is 0 Å². The van der Waals surface area contributed by atoms with E-state index in [0.717, 1.165) is 19.1 Å². The van der Waals surface area contributed by atoms with Gasteiger partial charge >= 0.3 is 5.51 Å². The molecule has 0 aromatic heterocycles. The van der Waals surface area contributed by atoms with Gasteiger partial charge in [0, 0.05) is 5.56 Å². The third-order valence-corrected chi connectivity index (χ3v) is 3.34. The topological polar surface area (TPSA) is 51.2 Å². The Morgan fingerprint density at radius 3 is 2.25 bits per heavy atom. The Bertz CT molecular complexity index is 517. The van der Waals surface area contributed by atoms with Gasteiger partial charge in [0.2, 0.25) is 0 Å². The van der Waals surface area contributed by atoms with Crippen molar-refractivity contribution in [1.29, 1.82) is 0 Å². The molecule has 0 radical (unpaired) electrons. The Hall–Kier alpha value is -1.37. The minimum Gasteiger partial charge on any atom is -0.295 e. The summed E-state index contributed by atoms with van der Waals surface area (Å²) in [6.07, 6.45) is 0. The summed E-state index contributed by atoms with van der Waals surface area (Å²) in [4.78, 5) is 9.97. The molecule has 0 spiro atoms. The Morgan fingerprint density at radius 2 is 1.81 bits per heavy atom. The molecule has 0 N–H and O–H groups in total. The second-order valence-corrected chi connectivity index (χ2v) is 4.97. The van der Waals surface area contributed by atoms with Gasteiger partial charge in [-0.3, -0.25) is 4.79 Å². The van der Waals surface area contributed by atoms with Gasteiger partial charge in [0.05, 0.1) is 4.90 Å². The molecule has 0 saturated carbocycles. The minimum atomic E-state index is -5.38. The molecule has 1 aromatic carbocycles. The number of carbonyl (C=O) groups excluding carboxylic acids is 1. The molecule has 0 heterocycles. The second kappa shape index (κ2) is 3.89. The number of hydrogen-bond donors (Lipinski definition) is 0. The van der Waals surface area contributed by atoms with Gasteiger partial charge in [0.1, 0.15) is 0 Å². The maximum absolute atomic E-state index is 12.2. The van der Waals surface area contributed by atoms with Crippen LogP contribution in [0.2, 0.25) is 0 Å². The fraction of sp³-hybridized carbons (Fsp3) is 0.222. The number of rotatable bonds is 2. The summed E-state index contributed by atoms with van der Waals surface area (Å²) in [5, 5.41) is 0. The van der Waals surface area contributed by atoms with Crippen LogP contribution >= 0.6 is 0 Å². The standard InChI is InChI=1S/C9H7F3O3S/c1-6(13)7-3-2-4-8(5-7)16(14,15)9(10,11)12/h2-5H,1H3. The average molecular weight is 252 g/mol. The highest BCUT2D eigenvalue weighted by atomic mass is 32.2. The number of ketones is 1. The summed E-state index contributed by atoms with van der Waals surface area (Å²) in [5.41, 5.74) is -5.44. The smallest absolute Gasteiger partial charge is 0.295 e. The molecule has 0 fully saturated rings. The zero-order chi connectivity index (χ0) is 12.6. The van der Waals surface area contributed by atoms with Crippen molar-refractivity contribution in [2.24, 2.45) is 0 Å². The molecule has 0 aliphatic rings. The van der Waals surface area contributed by atoms with Crippen LogP contribution < -0.4 is 0 Å². The van der Waals surface area contributed by atoms with E-state index < -0.39 is 26.0 Å². The van der Waals surface area contributed by atoms with Crippen LogP contribution in [-0.2, 0) is 9.84 Å². The van der Waals surface area contributed by atoms with Crippen LogP contribution in [0, 0.1) is 0 Å². The van der Waals surface area contributed by atoms with Crippen molar-refractivity contribution < 1.29 is 26.4 Å². The fourth-order valence-corrected chi connectivity index (χ4v) is 1.82. The lowest BCUT2D eigenvalue weighted by Crippen LogP contribution is -2.23. The molecule has 0 aliphatic carbocycles. The van der Waals surface area contributed by atoms with E-state index >= 15 is 0 Å². The van der Waals surface area contributed by atoms with Crippen LogP contribution in [0.3, 0.4) is 0 Å². The molecule has 88 valence electrons. The summed E-state index contributed by atoms with van der Waals surface area (Å²) < 4.78 is 58.5. The number of Topliss-reactive ketones (excluding diaryl/α,β-unsaturated/α-hetero) is 1. The summed E-state index contributed by atoms with van der Waals surface area (Å²) in [6.45, 7) is 1.14. The predicted molar refractivity (Wildman–Crippen MR) is 49.7 cm³/mol. The molecule has 1 aromatic rings. The first kappa shape index (κ1) is 12.7. The van der Waals surface area contributed by atoms with E-state index in [-0.39, 0.29) is 5.56 Å². The highest BCUT2D eigenvalue weighted by Gasteiger charge is 2.46. The summed E-state index contributed by atoms with van der Waals surface area (Å²) >= 11 is 0.